The van der Waals surface area contributed by atoms with Gasteiger partial charge in [0.2, 0.25) is 17.2 Å². The molecule has 92 valence electrons. The van der Waals surface area contributed by atoms with Crippen LogP contribution in [-0.2, 0) is 0 Å². The molecule has 0 radical (unpaired) electrons. The van der Waals surface area contributed by atoms with Gasteiger partial charge in [-0.15, -0.1) is 0 Å². The number of hydrogen-bond donors (Lipinski definition) is 2. The Labute approximate surface area is 105 Å². The number of rotatable bonds is 5. The highest BCUT2D eigenvalue weighted by Crippen LogP contribution is 2.11. The van der Waals surface area contributed by atoms with Crippen LogP contribution in [0.5, 0.6) is 0 Å². The maximum Gasteiger partial charge on any atom is 0.229 e. The Morgan fingerprint density at radius 1 is 1.18 bits per heavy atom. The summed E-state index contributed by atoms with van der Waals surface area (Å²) in [6, 6.07) is 2.24. The number of nitrogens with zero attached hydrogens (tertiary/aromatic N) is 4. The third kappa shape index (κ3) is 4.83. The molecule has 7 heteroatoms. The summed E-state index contributed by atoms with van der Waals surface area (Å²) >= 11 is 5.79. The summed E-state index contributed by atoms with van der Waals surface area (Å²) < 4.78 is 0. The third-order valence-electron chi connectivity index (χ3n) is 1.80. The number of aromatic nitrogens is 3. The monoisotopic (exact) mass is 254 g/mol. The fraction of sp³-hybridized carbons (Fsp3) is 0.600. The topological polar surface area (TPSA) is 86.5 Å². The van der Waals surface area contributed by atoms with E-state index in [1.807, 2.05) is 20.8 Å². The molecule has 1 unspecified atom stereocenters. The van der Waals surface area contributed by atoms with Crippen molar-refractivity contribution in [1.82, 2.24) is 15.0 Å². The van der Waals surface area contributed by atoms with Crippen LogP contribution in [-0.4, -0.2) is 27.0 Å². The van der Waals surface area contributed by atoms with Crippen LogP contribution in [0.2, 0.25) is 5.28 Å². The van der Waals surface area contributed by atoms with Crippen molar-refractivity contribution in [2.24, 2.45) is 0 Å². The van der Waals surface area contributed by atoms with Gasteiger partial charge >= 0.3 is 0 Å². The van der Waals surface area contributed by atoms with Crippen LogP contribution in [0.25, 0.3) is 0 Å². The van der Waals surface area contributed by atoms with Crippen LogP contribution in [0, 0.1) is 11.3 Å². The molecule has 6 nitrogen and oxygen atoms in total. The Kier molecular flexibility index (Phi) is 4.91. The van der Waals surface area contributed by atoms with Crippen LogP contribution >= 0.6 is 11.6 Å². The van der Waals surface area contributed by atoms with Gasteiger partial charge in [-0.1, -0.05) is 0 Å². The Morgan fingerprint density at radius 3 is 2.29 bits per heavy atom. The van der Waals surface area contributed by atoms with Crippen molar-refractivity contribution in [3.8, 4) is 6.07 Å². The van der Waals surface area contributed by atoms with Gasteiger partial charge in [0.15, 0.2) is 0 Å². The summed E-state index contributed by atoms with van der Waals surface area (Å²) in [5.41, 5.74) is 0. The largest absolute Gasteiger partial charge is 0.352 e. The van der Waals surface area contributed by atoms with Crippen molar-refractivity contribution < 1.29 is 0 Å². The van der Waals surface area contributed by atoms with Crippen molar-refractivity contribution >= 4 is 23.5 Å². The smallest absolute Gasteiger partial charge is 0.229 e. The maximum atomic E-state index is 8.56. The van der Waals surface area contributed by atoms with Crippen molar-refractivity contribution in [2.45, 2.75) is 39.3 Å². The summed E-state index contributed by atoms with van der Waals surface area (Å²) in [5, 5.41) is 14.7. The lowest BCUT2D eigenvalue weighted by Gasteiger charge is -2.12. The van der Waals surface area contributed by atoms with Crippen molar-refractivity contribution in [3.05, 3.63) is 5.28 Å². The highest BCUT2D eigenvalue weighted by molar-refractivity contribution is 6.28. The van der Waals surface area contributed by atoms with E-state index in [9.17, 15) is 0 Å². The molecule has 1 aromatic heterocycles. The summed E-state index contributed by atoms with van der Waals surface area (Å²) in [6.45, 7) is 5.82. The van der Waals surface area contributed by atoms with Gasteiger partial charge in [0.05, 0.1) is 12.5 Å². The van der Waals surface area contributed by atoms with E-state index in [2.05, 4.69) is 31.7 Å². The van der Waals surface area contributed by atoms with Crippen molar-refractivity contribution in [3.63, 3.8) is 0 Å². The van der Waals surface area contributed by atoms with Gasteiger partial charge < -0.3 is 10.6 Å². The van der Waals surface area contributed by atoms with Gasteiger partial charge in [-0.3, -0.25) is 0 Å². The number of nitrogens with one attached hydrogen (secondary N) is 2. The van der Waals surface area contributed by atoms with E-state index in [0.717, 1.165) is 0 Å². The Hall–Kier alpha value is -1.61. The van der Waals surface area contributed by atoms with E-state index in [1.165, 1.54) is 0 Å². The van der Waals surface area contributed by atoms with Gasteiger partial charge in [-0.25, -0.2) is 0 Å². The molecule has 0 saturated heterocycles. The SMILES string of the molecule is CC(C)Nc1nc(Cl)nc(NC(C)CC#N)n1. The minimum atomic E-state index is -0.0367. The quantitative estimate of drug-likeness (QED) is 0.836. The van der Waals surface area contributed by atoms with E-state index in [1.54, 1.807) is 0 Å². The molecule has 0 spiro atoms. The first kappa shape index (κ1) is 13.5. The van der Waals surface area contributed by atoms with Gasteiger partial charge in [0, 0.05) is 12.1 Å². The molecule has 0 saturated carbocycles. The second-order valence-corrected chi connectivity index (χ2v) is 4.30. The molecule has 1 atom stereocenters. The first-order valence-corrected chi connectivity index (χ1v) is 5.70. The van der Waals surface area contributed by atoms with Gasteiger partial charge in [0.1, 0.15) is 0 Å². The molecule has 0 amide bonds. The second kappa shape index (κ2) is 6.21. The average molecular weight is 255 g/mol. The van der Waals surface area contributed by atoms with Crippen LogP contribution in [0.15, 0.2) is 0 Å². The van der Waals surface area contributed by atoms with Gasteiger partial charge in [-0.2, -0.15) is 20.2 Å². The Morgan fingerprint density at radius 2 is 1.76 bits per heavy atom. The molecule has 0 fully saturated rings. The van der Waals surface area contributed by atoms with Crippen LogP contribution in [0.3, 0.4) is 0 Å². The standard InChI is InChI=1S/C10H15ClN6/c1-6(2)13-9-15-8(11)16-10(17-9)14-7(3)4-5-12/h6-7H,4H2,1-3H3,(H2,13,14,15,16,17). The fourth-order valence-electron chi connectivity index (χ4n) is 1.15. The van der Waals surface area contributed by atoms with Gasteiger partial charge in [-0.05, 0) is 32.4 Å². The first-order valence-electron chi connectivity index (χ1n) is 5.33. The van der Waals surface area contributed by atoms with E-state index in [-0.39, 0.29) is 17.4 Å². The second-order valence-electron chi connectivity index (χ2n) is 3.96. The minimum Gasteiger partial charge on any atom is -0.352 e. The lowest BCUT2D eigenvalue weighted by Crippen LogP contribution is -2.19. The summed E-state index contributed by atoms with van der Waals surface area (Å²) in [7, 11) is 0. The molecule has 17 heavy (non-hydrogen) atoms. The number of hydrogen-bond acceptors (Lipinski definition) is 6. The molecule has 0 aliphatic rings. The van der Waals surface area contributed by atoms with Crippen LogP contribution in [0.1, 0.15) is 27.2 Å². The molecule has 1 rings (SSSR count). The predicted octanol–water partition coefficient (Wildman–Crippen LogP) is 2.06. The molecule has 0 aromatic carbocycles. The van der Waals surface area contributed by atoms with E-state index >= 15 is 0 Å². The summed E-state index contributed by atoms with van der Waals surface area (Å²) in [5.74, 6) is 0.794. The summed E-state index contributed by atoms with van der Waals surface area (Å²) in [6.07, 6.45) is 0.371. The lowest BCUT2D eigenvalue weighted by molar-refractivity contribution is 0.798. The highest BCUT2D eigenvalue weighted by Gasteiger charge is 2.08. The third-order valence-corrected chi connectivity index (χ3v) is 1.97. The summed E-state index contributed by atoms with van der Waals surface area (Å²) in [4.78, 5) is 12.1. The molecular weight excluding hydrogens is 240 g/mol. The fourth-order valence-corrected chi connectivity index (χ4v) is 1.31. The van der Waals surface area contributed by atoms with E-state index < -0.39 is 0 Å². The molecule has 0 bridgehead atoms. The zero-order chi connectivity index (χ0) is 12.8. The molecule has 0 aliphatic carbocycles. The molecule has 1 aromatic rings. The Bertz CT molecular complexity index is 414. The van der Waals surface area contributed by atoms with E-state index in [4.69, 9.17) is 16.9 Å². The van der Waals surface area contributed by atoms with Crippen molar-refractivity contribution in [1.29, 1.82) is 5.26 Å². The lowest BCUT2D eigenvalue weighted by atomic mass is 10.3. The number of anilines is 2. The number of halogens is 1. The van der Waals surface area contributed by atoms with Crippen LogP contribution in [0.4, 0.5) is 11.9 Å². The number of nitriles is 1. The minimum absolute atomic E-state index is 0.0367. The zero-order valence-corrected chi connectivity index (χ0v) is 10.8. The zero-order valence-electron chi connectivity index (χ0n) is 10.0. The van der Waals surface area contributed by atoms with E-state index in [0.29, 0.717) is 18.3 Å². The molecule has 0 aliphatic heterocycles. The molecule has 1 heterocycles. The highest BCUT2D eigenvalue weighted by atomic mass is 35.5. The first-order chi connectivity index (χ1) is 8.01. The molecule has 2 N–H and O–H groups in total. The maximum absolute atomic E-state index is 8.56. The van der Waals surface area contributed by atoms with Crippen molar-refractivity contribution in [2.75, 3.05) is 10.6 Å². The predicted molar refractivity (Wildman–Crippen MR) is 66.9 cm³/mol. The Balaban J connectivity index is 2.79. The normalized spacial score (nSPS) is 12.0. The average Bonchev–Trinajstić information content (AvgIpc) is 2.14. The van der Waals surface area contributed by atoms with Gasteiger partial charge in [0.25, 0.3) is 0 Å². The molecular formula is C10H15ClN6. The van der Waals surface area contributed by atoms with Crippen LogP contribution < -0.4 is 10.6 Å².